The fraction of sp³-hybridized carbons (Fsp3) is 0.364. The van der Waals surface area contributed by atoms with Crippen molar-refractivity contribution < 1.29 is 9.53 Å². The molecule has 1 N–H and O–H groups in total. The normalized spacial score (nSPS) is 23.5. The van der Waals surface area contributed by atoms with Gasteiger partial charge in [0.25, 0.3) is 0 Å². The summed E-state index contributed by atoms with van der Waals surface area (Å²) in [6.45, 7) is 3.02. The standard InChI is InChI=1S/C11H13NO2.ClH/c1-11(6-7-12-11)14-10-4-2-9(8-13)3-5-10;/h2-5,8,12H,6-7H2,1H3;1H/t11-;/m0./s1. The molecule has 2 rings (SSSR count). The topological polar surface area (TPSA) is 38.3 Å². The average molecular weight is 228 g/mol. The Kier molecular flexibility index (Phi) is 3.72. The van der Waals surface area contributed by atoms with Gasteiger partial charge in [-0.15, -0.1) is 12.4 Å². The molecular weight excluding hydrogens is 214 g/mol. The van der Waals surface area contributed by atoms with Gasteiger partial charge in [-0.05, 0) is 31.2 Å². The van der Waals surface area contributed by atoms with E-state index in [1.165, 1.54) is 0 Å². The summed E-state index contributed by atoms with van der Waals surface area (Å²) in [5, 5.41) is 3.21. The first-order chi connectivity index (χ1) is 6.72. The third-order valence-corrected chi connectivity index (χ3v) is 2.46. The van der Waals surface area contributed by atoms with Crippen LogP contribution in [0.3, 0.4) is 0 Å². The number of nitrogens with one attached hydrogen (secondary N) is 1. The van der Waals surface area contributed by atoms with Gasteiger partial charge in [-0.2, -0.15) is 0 Å². The molecule has 15 heavy (non-hydrogen) atoms. The fourth-order valence-corrected chi connectivity index (χ4v) is 1.44. The Hall–Kier alpha value is -1.06. The monoisotopic (exact) mass is 227 g/mol. The molecule has 0 bridgehead atoms. The van der Waals surface area contributed by atoms with Crippen LogP contribution in [-0.2, 0) is 0 Å². The summed E-state index contributed by atoms with van der Waals surface area (Å²) in [6, 6.07) is 7.14. The highest BCUT2D eigenvalue weighted by atomic mass is 35.5. The van der Waals surface area contributed by atoms with Crippen molar-refractivity contribution in [2.45, 2.75) is 19.1 Å². The van der Waals surface area contributed by atoms with Gasteiger partial charge in [-0.1, -0.05) is 0 Å². The van der Waals surface area contributed by atoms with Crippen molar-refractivity contribution >= 4 is 18.7 Å². The third kappa shape index (κ3) is 2.70. The molecule has 1 heterocycles. The van der Waals surface area contributed by atoms with Gasteiger partial charge in [-0.3, -0.25) is 10.1 Å². The molecule has 0 aliphatic carbocycles. The molecule has 0 unspecified atom stereocenters. The molecule has 1 saturated heterocycles. The lowest BCUT2D eigenvalue weighted by molar-refractivity contribution is -0.0105. The van der Waals surface area contributed by atoms with E-state index < -0.39 is 0 Å². The maximum absolute atomic E-state index is 10.4. The van der Waals surface area contributed by atoms with Gasteiger partial charge in [0, 0.05) is 18.5 Å². The number of benzene rings is 1. The highest BCUT2D eigenvalue weighted by molar-refractivity contribution is 5.85. The van der Waals surface area contributed by atoms with Crippen molar-refractivity contribution in [2.24, 2.45) is 0 Å². The molecule has 1 fully saturated rings. The highest BCUT2D eigenvalue weighted by Crippen LogP contribution is 2.23. The smallest absolute Gasteiger partial charge is 0.159 e. The molecule has 0 spiro atoms. The second-order valence-corrected chi connectivity index (χ2v) is 3.70. The molecule has 1 aromatic carbocycles. The molecule has 82 valence electrons. The number of hydrogen-bond acceptors (Lipinski definition) is 3. The summed E-state index contributed by atoms with van der Waals surface area (Å²) in [5.74, 6) is 0.797. The van der Waals surface area contributed by atoms with Crippen LogP contribution in [0.2, 0.25) is 0 Å². The van der Waals surface area contributed by atoms with Crippen LogP contribution in [0, 0.1) is 0 Å². The van der Waals surface area contributed by atoms with E-state index in [1.54, 1.807) is 12.1 Å². The molecule has 3 nitrogen and oxygen atoms in total. The lowest BCUT2D eigenvalue weighted by Gasteiger charge is -2.39. The average Bonchev–Trinajstić information content (AvgIpc) is 2.17. The Bertz CT molecular complexity index is 333. The molecular formula is C11H14ClNO2. The van der Waals surface area contributed by atoms with E-state index in [0.29, 0.717) is 5.56 Å². The first kappa shape index (κ1) is 12.0. The van der Waals surface area contributed by atoms with Crippen molar-refractivity contribution in [3.63, 3.8) is 0 Å². The van der Waals surface area contributed by atoms with Gasteiger partial charge in [0.15, 0.2) is 5.72 Å². The van der Waals surface area contributed by atoms with Gasteiger partial charge in [0.05, 0.1) is 0 Å². The summed E-state index contributed by atoms with van der Waals surface area (Å²) < 4.78 is 5.71. The zero-order chi connectivity index (χ0) is 10.0. The van der Waals surface area contributed by atoms with Crippen molar-refractivity contribution in [3.8, 4) is 5.75 Å². The molecule has 1 aliphatic heterocycles. The molecule has 0 saturated carbocycles. The van der Waals surface area contributed by atoms with Gasteiger partial charge in [0.1, 0.15) is 12.0 Å². The minimum atomic E-state index is -0.220. The second-order valence-electron chi connectivity index (χ2n) is 3.70. The Balaban J connectivity index is 0.00000112. The molecule has 0 radical (unpaired) electrons. The van der Waals surface area contributed by atoms with E-state index in [1.807, 2.05) is 19.1 Å². The van der Waals surface area contributed by atoms with Crippen LogP contribution in [0.5, 0.6) is 5.75 Å². The SMILES string of the molecule is C[C@]1(Oc2ccc(C=O)cc2)CCN1.Cl. The van der Waals surface area contributed by atoms with Crippen LogP contribution in [0.15, 0.2) is 24.3 Å². The third-order valence-electron chi connectivity index (χ3n) is 2.46. The number of hydrogen-bond donors (Lipinski definition) is 1. The van der Waals surface area contributed by atoms with E-state index in [0.717, 1.165) is 25.0 Å². The molecule has 1 atom stereocenters. The Labute approximate surface area is 95.2 Å². The summed E-state index contributed by atoms with van der Waals surface area (Å²) >= 11 is 0. The molecule has 1 aliphatic rings. The molecule has 4 heteroatoms. The predicted molar refractivity (Wildman–Crippen MR) is 60.7 cm³/mol. The maximum atomic E-state index is 10.4. The number of aldehydes is 1. The van der Waals surface area contributed by atoms with Crippen LogP contribution >= 0.6 is 12.4 Å². The number of rotatable bonds is 3. The first-order valence-electron chi connectivity index (χ1n) is 4.71. The van der Waals surface area contributed by atoms with Crippen LogP contribution in [-0.4, -0.2) is 18.6 Å². The van der Waals surface area contributed by atoms with E-state index in [-0.39, 0.29) is 18.1 Å². The molecule has 1 aromatic rings. The molecule has 0 aromatic heterocycles. The fourth-order valence-electron chi connectivity index (χ4n) is 1.44. The van der Waals surface area contributed by atoms with Crippen molar-refractivity contribution in [2.75, 3.05) is 6.54 Å². The van der Waals surface area contributed by atoms with E-state index in [2.05, 4.69) is 5.32 Å². The van der Waals surface area contributed by atoms with Gasteiger partial charge in [-0.25, -0.2) is 0 Å². The molecule has 0 amide bonds. The largest absolute Gasteiger partial charge is 0.473 e. The van der Waals surface area contributed by atoms with Gasteiger partial charge >= 0.3 is 0 Å². The second kappa shape index (κ2) is 4.64. The van der Waals surface area contributed by atoms with Gasteiger partial charge in [0.2, 0.25) is 0 Å². The van der Waals surface area contributed by atoms with Crippen molar-refractivity contribution in [1.82, 2.24) is 5.32 Å². The minimum Gasteiger partial charge on any atom is -0.473 e. The number of halogens is 1. The first-order valence-corrected chi connectivity index (χ1v) is 4.71. The van der Waals surface area contributed by atoms with E-state index >= 15 is 0 Å². The zero-order valence-corrected chi connectivity index (χ0v) is 9.34. The highest BCUT2D eigenvalue weighted by Gasteiger charge is 2.33. The van der Waals surface area contributed by atoms with Crippen molar-refractivity contribution in [1.29, 1.82) is 0 Å². The quantitative estimate of drug-likeness (QED) is 0.803. The van der Waals surface area contributed by atoms with Crippen LogP contribution in [0.25, 0.3) is 0 Å². The minimum absolute atomic E-state index is 0. The number of carbonyl (C=O) groups excluding carboxylic acids is 1. The number of ether oxygens (including phenoxy) is 1. The summed E-state index contributed by atoms with van der Waals surface area (Å²) in [4.78, 5) is 10.4. The van der Waals surface area contributed by atoms with Crippen LogP contribution in [0.1, 0.15) is 23.7 Å². The lowest BCUT2D eigenvalue weighted by Crippen LogP contribution is -2.58. The van der Waals surface area contributed by atoms with Crippen molar-refractivity contribution in [3.05, 3.63) is 29.8 Å². The number of carbonyl (C=O) groups is 1. The van der Waals surface area contributed by atoms with E-state index in [4.69, 9.17) is 4.74 Å². The Morgan fingerprint density at radius 3 is 2.40 bits per heavy atom. The summed E-state index contributed by atoms with van der Waals surface area (Å²) in [5.41, 5.74) is 0.451. The van der Waals surface area contributed by atoms with Crippen LogP contribution < -0.4 is 10.1 Å². The zero-order valence-electron chi connectivity index (χ0n) is 8.53. The predicted octanol–water partition coefficient (Wildman–Crippen LogP) is 2.01. The van der Waals surface area contributed by atoms with Crippen LogP contribution in [0.4, 0.5) is 0 Å². The Morgan fingerprint density at radius 1 is 1.40 bits per heavy atom. The van der Waals surface area contributed by atoms with E-state index in [9.17, 15) is 4.79 Å². The Morgan fingerprint density at radius 2 is 2.00 bits per heavy atom. The van der Waals surface area contributed by atoms with Gasteiger partial charge < -0.3 is 4.74 Å². The summed E-state index contributed by atoms with van der Waals surface area (Å²) in [7, 11) is 0. The lowest BCUT2D eigenvalue weighted by atomic mass is 10.1. The maximum Gasteiger partial charge on any atom is 0.159 e. The summed E-state index contributed by atoms with van der Waals surface area (Å²) in [6.07, 6.45) is 1.84.